The zero-order chi connectivity index (χ0) is 24.0. The van der Waals surface area contributed by atoms with Crippen LogP contribution in [0.5, 0.6) is 0 Å². The molecule has 0 saturated carbocycles. The Morgan fingerprint density at radius 2 is 1.42 bits per heavy atom. The van der Waals surface area contributed by atoms with E-state index in [1.807, 2.05) is 67.8 Å². The number of hydrogen-bond donors (Lipinski definition) is 5. The SMILES string of the molecule is CC(=O)N(C)c1c(I)c(C(=O)NCC(O)CO)c(I)c(N(CC(O)CO)C(C)=O)c1I. The summed E-state index contributed by atoms with van der Waals surface area (Å²) in [6.45, 7) is 1.15. The molecule has 0 aromatic heterocycles. The summed E-state index contributed by atoms with van der Waals surface area (Å²) in [4.78, 5) is 40.1. The van der Waals surface area contributed by atoms with Gasteiger partial charge in [-0.15, -0.1) is 0 Å². The molecule has 0 radical (unpaired) electrons. The van der Waals surface area contributed by atoms with E-state index in [0.717, 1.165) is 0 Å². The van der Waals surface area contributed by atoms with Gasteiger partial charge < -0.3 is 35.5 Å². The molecule has 10 nitrogen and oxygen atoms in total. The molecule has 3 amide bonds. The Balaban J connectivity index is 3.80. The fourth-order valence-electron chi connectivity index (χ4n) is 2.54. The topological polar surface area (TPSA) is 151 Å². The lowest BCUT2D eigenvalue weighted by atomic mass is 10.1. The molecule has 174 valence electrons. The largest absolute Gasteiger partial charge is 0.394 e. The number of carbonyl (C=O) groups is 3. The first-order valence-corrected chi connectivity index (χ1v) is 12.2. The summed E-state index contributed by atoms with van der Waals surface area (Å²) >= 11 is 5.84. The highest BCUT2D eigenvalue weighted by Crippen LogP contribution is 2.42. The first-order chi connectivity index (χ1) is 14.4. The van der Waals surface area contributed by atoms with E-state index < -0.39 is 37.2 Å². The van der Waals surface area contributed by atoms with E-state index in [0.29, 0.717) is 22.1 Å². The van der Waals surface area contributed by atoms with Gasteiger partial charge in [-0.05, 0) is 67.8 Å². The third-order valence-electron chi connectivity index (χ3n) is 4.27. The minimum absolute atomic E-state index is 0.176. The van der Waals surface area contributed by atoms with Gasteiger partial charge in [-0.1, -0.05) is 0 Å². The lowest BCUT2D eigenvalue weighted by Gasteiger charge is -2.30. The Kier molecular flexibility index (Phi) is 11.8. The Morgan fingerprint density at radius 3 is 1.87 bits per heavy atom. The molecule has 1 aromatic rings. The van der Waals surface area contributed by atoms with E-state index in [1.165, 1.54) is 30.7 Å². The van der Waals surface area contributed by atoms with Crippen molar-refractivity contribution in [3.8, 4) is 0 Å². The van der Waals surface area contributed by atoms with Gasteiger partial charge in [-0.3, -0.25) is 14.4 Å². The van der Waals surface area contributed by atoms with Crippen molar-refractivity contribution in [2.75, 3.05) is 43.2 Å². The van der Waals surface area contributed by atoms with Crippen LogP contribution in [0.4, 0.5) is 11.4 Å². The normalized spacial score (nSPS) is 12.8. The monoisotopic (exact) mass is 775 g/mol. The van der Waals surface area contributed by atoms with Crippen molar-refractivity contribution < 1.29 is 34.8 Å². The maximum absolute atomic E-state index is 13.0. The molecule has 0 heterocycles. The lowest BCUT2D eigenvalue weighted by molar-refractivity contribution is -0.117. The fraction of sp³-hybridized carbons (Fsp3) is 0.500. The van der Waals surface area contributed by atoms with E-state index >= 15 is 0 Å². The molecule has 0 saturated heterocycles. The van der Waals surface area contributed by atoms with Gasteiger partial charge in [0, 0.05) is 27.4 Å². The summed E-state index contributed by atoms with van der Waals surface area (Å²) in [5.41, 5.74) is 0.897. The molecule has 2 unspecified atom stereocenters. The van der Waals surface area contributed by atoms with Gasteiger partial charge in [0.05, 0.1) is 59.6 Å². The number of benzene rings is 1. The van der Waals surface area contributed by atoms with Gasteiger partial charge >= 0.3 is 0 Å². The number of nitrogens with zero attached hydrogens (tertiary/aromatic N) is 2. The van der Waals surface area contributed by atoms with Gasteiger partial charge in [-0.25, -0.2) is 0 Å². The molecule has 0 fully saturated rings. The number of hydrogen-bond acceptors (Lipinski definition) is 7. The molecule has 1 aromatic carbocycles. The smallest absolute Gasteiger partial charge is 0.253 e. The summed E-state index contributed by atoms with van der Waals surface area (Å²) in [6.07, 6.45) is -2.35. The first-order valence-electron chi connectivity index (χ1n) is 8.97. The highest BCUT2D eigenvalue weighted by molar-refractivity contribution is 14.1. The molecule has 1 rings (SSSR count). The van der Waals surface area contributed by atoms with Gasteiger partial charge in [0.2, 0.25) is 11.8 Å². The van der Waals surface area contributed by atoms with Gasteiger partial charge in [-0.2, -0.15) is 0 Å². The molecule has 31 heavy (non-hydrogen) atoms. The second kappa shape index (κ2) is 12.8. The minimum atomic E-state index is -1.21. The van der Waals surface area contributed by atoms with Crippen molar-refractivity contribution in [1.29, 1.82) is 0 Å². The molecular weight excluding hydrogens is 751 g/mol. The van der Waals surface area contributed by atoms with Crippen LogP contribution in [-0.2, 0) is 9.59 Å². The Bertz CT molecular complexity index is 853. The second-order valence-electron chi connectivity index (χ2n) is 6.60. The zero-order valence-corrected chi connectivity index (χ0v) is 23.5. The maximum Gasteiger partial charge on any atom is 0.253 e. The van der Waals surface area contributed by atoms with Gasteiger partial charge in [0.15, 0.2) is 0 Å². The van der Waals surface area contributed by atoms with Gasteiger partial charge in [0.25, 0.3) is 5.91 Å². The molecule has 0 bridgehead atoms. The van der Waals surface area contributed by atoms with Crippen molar-refractivity contribution in [3.05, 3.63) is 16.3 Å². The van der Waals surface area contributed by atoms with E-state index in [2.05, 4.69) is 5.32 Å². The average Bonchev–Trinajstić information content (AvgIpc) is 2.70. The number of anilines is 2. The van der Waals surface area contributed by atoms with Crippen LogP contribution in [0, 0.1) is 10.7 Å². The highest BCUT2D eigenvalue weighted by atomic mass is 127. The van der Waals surface area contributed by atoms with Crippen LogP contribution in [-0.4, -0.2) is 83.7 Å². The third kappa shape index (κ3) is 7.07. The minimum Gasteiger partial charge on any atom is -0.394 e. The summed E-state index contributed by atoms with van der Waals surface area (Å²) in [5, 5.41) is 40.3. The van der Waals surface area contributed by atoms with Crippen LogP contribution in [0.2, 0.25) is 0 Å². The van der Waals surface area contributed by atoms with Crippen LogP contribution < -0.4 is 15.1 Å². The van der Waals surface area contributed by atoms with Crippen molar-refractivity contribution in [1.82, 2.24) is 5.32 Å². The Morgan fingerprint density at radius 1 is 0.903 bits per heavy atom. The predicted molar refractivity (Wildman–Crippen MR) is 140 cm³/mol. The summed E-state index contributed by atoms with van der Waals surface area (Å²) < 4.78 is 1.36. The lowest BCUT2D eigenvalue weighted by Crippen LogP contribution is -2.40. The van der Waals surface area contributed by atoms with Crippen molar-refractivity contribution in [3.63, 3.8) is 0 Å². The number of amides is 3. The number of aliphatic hydroxyl groups excluding tert-OH is 4. The maximum atomic E-state index is 13.0. The highest BCUT2D eigenvalue weighted by Gasteiger charge is 2.31. The first kappa shape index (κ1) is 28.7. The van der Waals surface area contributed by atoms with Crippen molar-refractivity contribution >= 4 is 96.9 Å². The van der Waals surface area contributed by atoms with E-state index in [4.69, 9.17) is 5.11 Å². The second-order valence-corrected chi connectivity index (χ2v) is 9.84. The number of aliphatic hydroxyl groups is 4. The van der Waals surface area contributed by atoms with E-state index in [9.17, 15) is 29.7 Å². The summed E-state index contributed by atoms with van der Waals surface area (Å²) in [7, 11) is 1.54. The molecule has 0 aliphatic heterocycles. The quantitative estimate of drug-likeness (QED) is 0.226. The molecule has 0 spiro atoms. The Labute approximate surface area is 220 Å². The molecule has 2 atom stereocenters. The predicted octanol–water partition coefficient (Wildman–Crippen LogP) is 0.272. The standard InChI is InChI=1S/C18H24I3N3O7/c1-8(27)23(3)16-13(19)12(18(31)22-4-10(29)6-25)14(20)17(15(16)21)24(9(2)28)5-11(30)7-26/h10-11,25-26,29-30H,4-7H2,1-3H3,(H,22,31). The van der Waals surface area contributed by atoms with Gasteiger partial charge in [0.1, 0.15) is 0 Å². The summed E-state index contributed by atoms with van der Waals surface area (Å²) in [5.74, 6) is -1.29. The van der Waals surface area contributed by atoms with Crippen LogP contribution in [0.3, 0.4) is 0 Å². The summed E-state index contributed by atoms with van der Waals surface area (Å²) in [6, 6.07) is 0. The third-order valence-corrected chi connectivity index (χ3v) is 7.39. The molecule has 5 N–H and O–H groups in total. The molecule has 13 heteroatoms. The molecule has 0 aliphatic rings. The zero-order valence-electron chi connectivity index (χ0n) is 17.0. The van der Waals surface area contributed by atoms with Crippen LogP contribution in [0.1, 0.15) is 24.2 Å². The fourth-order valence-corrected chi connectivity index (χ4v) is 7.50. The average molecular weight is 775 g/mol. The number of halogens is 3. The Hall–Kier alpha value is -0.340. The van der Waals surface area contributed by atoms with Crippen LogP contribution >= 0.6 is 67.8 Å². The van der Waals surface area contributed by atoms with E-state index in [1.54, 1.807) is 0 Å². The van der Waals surface area contributed by atoms with Crippen molar-refractivity contribution in [2.45, 2.75) is 26.1 Å². The van der Waals surface area contributed by atoms with E-state index in [-0.39, 0.29) is 24.6 Å². The number of rotatable bonds is 9. The van der Waals surface area contributed by atoms with Crippen LogP contribution in [0.25, 0.3) is 0 Å². The number of carbonyl (C=O) groups excluding carboxylic acids is 3. The molecule has 0 aliphatic carbocycles. The van der Waals surface area contributed by atoms with Crippen LogP contribution in [0.15, 0.2) is 0 Å². The number of nitrogens with one attached hydrogen (secondary N) is 1. The molecular formula is C18H24I3N3O7. The van der Waals surface area contributed by atoms with Crippen molar-refractivity contribution in [2.24, 2.45) is 0 Å².